The standard InChI is InChI=1S/C15H10F5N3S/c16-10-9(11(17)13(19)14(20)12(10)18)7-22-23-15(24)21-6-8-4-2-1-3-5-8/h1-5,7H,6H2,(H2,21,23,24)/b22-7+. The summed E-state index contributed by atoms with van der Waals surface area (Å²) in [6.07, 6.45) is 0.465. The zero-order valence-corrected chi connectivity index (χ0v) is 12.7. The smallest absolute Gasteiger partial charge is 0.200 e. The van der Waals surface area contributed by atoms with Crippen LogP contribution in [0.5, 0.6) is 0 Å². The van der Waals surface area contributed by atoms with Crippen LogP contribution in [0.3, 0.4) is 0 Å². The molecule has 0 radical (unpaired) electrons. The van der Waals surface area contributed by atoms with E-state index in [9.17, 15) is 22.0 Å². The molecule has 0 saturated carbocycles. The van der Waals surface area contributed by atoms with Crippen LogP contribution in [-0.2, 0) is 6.54 Å². The highest BCUT2D eigenvalue weighted by Crippen LogP contribution is 2.21. The van der Waals surface area contributed by atoms with Gasteiger partial charge in [0.05, 0.1) is 11.8 Å². The van der Waals surface area contributed by atoms with Gasteiger partial charge in [0.25, 0.3) is 0 Å². The number of hydrazone groups is 1. The van der Waals surface area contributed by atoms with Crippen LogP contribution in [0.1, 0.15) is 11.1 Å². The monoisotopic (exact) mass is 359 g/mol. The highest BCUT2D eigenvalue weighted by molar-refractivity contribution is 7.80. The first-order valence-electron chi connectivity index (χ1n) is 6.54. The van der Waals surface area contributed by atoms with Gasteiger partial charge in [-0.25, -0.2) is 22.0 Å². The first kappa shape index (κ1) is 17.8. The fraction of sp³-hybridized carbons (Fsp3) is 0.0667. The lowest BCUT2D eigenvalue weighted by molar-refractivity contribution is 0.377. The van der Waals surface area contributed by atoms with Crippen molar-refractivity contribution in [3.05, 3.63) is 70.5 Å². The average molecular weight is 359 g/mol. The fourth-order valence-corrected chi connectivity index (χ4v) is 1.83. The second-order valence-electron chi connectivity index (χ2n) is 4.52. The van der Waals surface area contributed by atoms with Crippen LogP contribution < -0.4 is 10.7 Å². The van der Waals surface area contributed by atoms with Crippen molar-refractivity contribution in [1.29, 1.82) is 0 Å². The molecule has 0 aromatic heterocycles. The zero-order chi connectivity index (χ0) is 17.7. The zero-order valence-electron chi connectivity index (χ0n) is 11.9. The van der Waals surface area contributed by atoms with E-state index in [2.05, 4.69) is 15.8 Å². The molecule has 3 nitrogen and oxygen atoms in total. The lowest BCUT2D eigenvalue weighted by atomic mass is 10.2. The molecule has 2 aromatic rings. The van der Waals surface area contributed by atoms with Crippen LogP contribution in [0.4, 0.5) is 22.0 Å². The van der Waals surface area contributed by atoms with E-state index in [4.69, 9.17) is 12.2 Å². The summed E-state index contributed by atoms with van der Waals surface area (Å²) in [5, 5.41) is 6.14. The van der Waals surface area contributed by atoms with Crippen molar-refractivity contribution in [2.24, 2.45) is 5.10 Å². The minimum absolute atomic E-state index is 0.0129. The molecule has 9 heteroatoms. The van der Waals surface area contributed by atoms with Gasteiger partial charge in [0.2, 0.25) is 5.82 Å². The van der Waals surface area contributed by atoms with E-state index in [1.165, 1.54) is 0 Å². The highest BCUT2D eigenvalue weighted by Gasteiger charge is 2.24. The van der Waals surface area contributed by atoms with Crippen LogP contribution in [0.2, 0.25) is 0 Å². The van der Waals surface area contributed by atoms with Crippen LogP contribution >= 0.6 is 12.2 Å². The summed E-state index contributed by atoms with van der Waals surface area (Å²) in [7, 11) is 0. The Bertz CT molecular complexity index is 751. The lowest BCUT2D eigenvalue weighted by Crippen LogP contribution is -2.31. The number of nitrogens with zero attached hydrogens (tertiary/aromatic N) is 1. The molecule has 0 bridgehead atoms. The Balaban J connectivity index is 2.00. The SMILES string of the molecule is Fc1c(F)c(F)c(/C=N/NC(=S)NCc2ccccc2)c(F)c1F. The Hall–Kier alpha value is -2.55. The Morgan fingerprint density at radius 2 is 1.46 bits per heavy atom. The maximum atomic E-state index is 13.4. The molecule has 2 aromatic carbocycles. The minimum atomic E-state index is -2.23. The first-order chi connectivity index (χ1) is 11.4. The maximum Gasteiger partial charge on any atom is 0.200 e. The second kappa shape index (κ2) is 7.82. The van der Waals surface area contributed by atoms with Crippen LogP contribution in [0, 0.1) is 29.1 Å². The summed E-state index contributed by atoms with van der Waals surface area (Å²) < 4.78 is 65.7. The van der Waals surface area contributed by atoms with Gasteiger partial charge < -0.3 is 5.32 Å². The molecule has 24 heavy (non-hydrogen) atoms. The van der Waals surface area contributed by atoms with E-state index in [-0.39, 0.29) is 5.11 Å². The topological polar surface area (TPSA) is 36.4 Å². The van der Waals surface area contributed by atoms with Crippen molar-refractivity contribution in [3.8, 4) is 0 Å². The molecule has 126 valence electrons. The molecule has 0 amide bonds. The minimum Gasteiger partial charge on any atom is -0.357 e. The van der Waals surface area contributed by atoms with Gasteiger partial charge in [0.1, 0.15) is 0 Å². The molecule has 0 saturated heterocycles. The number of thiocarbonyl (C=S) groups is 1. The van der Waals surface area contributed by atoms with Crippen LogP contribution in [0.15, 0.2) is 35.4 Å². The fourth-order valence-electron chi connectivity index (χ4n) is 1.71. The summed E-state index contributed by atoms with van der Waals surface area (Å²) >= 11 is 4.87. The van der Waals surface area contributed by atoms with Gasteiger partial charge in [0, 0.05) is 6.54 Å². The van der Waals surface area contributed by atoms with Gasteiger partial charge >= 0.3 is 0 Å². The number of benzene rings is 2. The van der Waals surface area contributed by atoms with Crippen molar-refractivity contribution in [3.63, 3.8) is 0 Å². The predicted molar refractivity (Wildman–Crippen MR) is 82.8 cm³/mol. The average Bonchev–Trinajstić information content (AvgIpc) is 2.60. The quantitative estimate of drug-likeness (QED) is 0.219. The van der Waals surface area contributed by atoms with Crippen LogP contribution in [-0.4, -0.2) is 11.3 Å². The number of hydrogen-bond acceptors (Lipinski definition) is 2. The molecule has 0 aliphatic carbocycles. The third-order valence-electron chi connectivity index (χ3n) is 2.90. The van der Waals surface area contributed by atoms with Gasteiger partial charge in [0.15, 0.2) is 28.4 Å². The maximum absolute atomic E-state index is 13.4. The molecule has 2 N–H and O–H groups in total. The summed E-state index contributed by atoms with van der Waals surface area (Å²) in [5.41, 5.74) is 1.99. The largest absolute Gasteiger partial charge is 0.357 e. The van der Waals surface area contributed by atoms with Crippen molar-refractivity contribution in [2.45, 2.75) is 6.54 Å². The molecular weight excluding hydrogens is 349 g/mol. The Morgan fingerprint density at radius 1 is 0.917 bits per heavy atom. The summed E-state index contributed by atoms with van der Waals surface area (Å²) in [6.45, 7) is 0.366. The Morgan fingerprint density at radius 3 is 2.04 bits per heavy atom. The molecule has 0 aliphatic heterocycles. The van der Waals surface area contributed by atoms with Crippen molar-refractivity contribution >= 4 is 23.5 Å². The van der Waals surface area contributed by atoms with Gasteiger partial charge in [-0.1, -0.05) is 30.3 Å². The molecule has 0 unspecified atom stereocenters. The predicted octanol–water partition coefficient (Wildman–Crippen LogP) is 3.38. The second-order valence-corrected chi connectivity index (χ2v) is 4.93. The summed E-state index contributed by atoms with van der Waals surface area (Å²) in [5.74, 6) is -10.3. The van der Waals surface area contributed by atoms with Crippen molar-refractivity contribution < 1.29 is 22.0 Å². The first-order valence-corrected chi connectivity index (χ1v) is 6.95. The number of nitrogens with one attached hydrogen (secondary N) is 2. The Kier molecular flexibility index (Phi) is 5.80. The number of hydrogen-bond donors (Lipinski definition) is 2. The van der Waals surface area contributed by atoms with Crippen molar-refractivity contribution in [2.75, 3.05) is 0 Å². The van der Waals surface area contributed by atoms with E-state index in [0.717, 1.165) is 5.56 Å². The van der Waals surface area contributed by atoms with E-state index in [0.29, 0.717) is 12.8 Å². The molecule has 0 fully saturated rings. The molecule has 0 spiro atoms. The number of halogens is 5. The molecule has 0 atom stereocenters. The lowest BCUT2D eigenvalue weighted by Gasteiger charge is -2.07. The van der Waals surface area contributed by atoms with Crippen LogP contribution in [0.25, 0.3) is 0 Å². The van der Waals surface area contributed by atoms with E-state index >= 15 is 0 Å². The highest BCUT2D eigenvalue weighted by atomic mass is 32.1. The summed E-state index contributed by atoms with van der Waals surface area (Å²) in [6, 6.07) is 9.18. The van der Waals surface area contributed by atoms with E-state index in [1.807, 2.05) is 30.3 Å². The van der Waals surface area contributed by atoms with Gasteiger partial charge in [-0.15, -0.1) is 0 Å². The Labute approximate surface area is 139 Å². The van der Waals surface area contributed by atoms with Crippen molar-refractivity contribution in [1.82, 2.24) is 10.7 Å². The van der Waals surface area contributed by atoms with Gasteiger partial charge in [-0.05, 0) is 17.8 Å². The number of rotatable bonds is 4. The molecule has 2 rings (SSSR count). The molecule has 0 aliphatic rings. The van der Waals surface area contributed by atoms with E-state index < -0.39 is 34.6 Å². The third kappa shape index (κ3) is 4.05. The van der Waals surface area contributed by atoms with E-state index in [1.54, 1.807) is 0 Å². The molecular formula is C15H10F5N3S. The summed E-state index contributed by atoms with van der Waals surface area (Å²) in [4.78, 5) is 0. The third-order valence-corrected chi connectivity index (χ3v) is 3.14. The molecule has 0 heterocycles. The normalized spacial score (nSPS) is 10.9. The van der Waals surface area contributed by atoms with Gasteiger partial charge in [-0.3, -0.25) is 5.43 Å². The van der Waals surface area contributed by atoms with Gasteiger partial charge in [-0.2, -0.15) is 5.10 Å².